The van der Waals surface area contributed by atoms with Gasteiger partial charge in [0.2, 0.25) is 5.91 Å². The molecule has 0 saturated heterocycles. The van der Waals surface area contributed by atoms with E-state index in [1.165, 1.54) is 5.56 Å². The largest absolute Gasteiger partial charge is 0.329 e. The molecular weight excluding hydrogens is 214 g/mol. The van der Waals surface area contributed by atoms with Gasteiger partial charge in [-0.3, -0.25) is 9.69 Å². The van der Waals surface area contributed by atoms with Crippen LogP contribution in [0.15, 0.2) is 24.3 Å². The monoisotopic (exact) mass is 233 g/mol. The quantitative estimate of drug-likeness (QED) is 0.822. The van der Waals surface area contributed by atoms with Crippen molar-refractivity contribution in [1.29, 1.82) is 0 Å². The molecule has 1 aliphatic rings. The smallest absolute Gasteiger partial charge is 0.241 e. The molecular formula is C13H19N3O. The number of nitrogens with zero attached hydrogens (tertiary/aromatic N) is 2. The van der Waals surface area contributed by atoms with Crippen LogP contribution in [-0.4, -0.2) is 44.0 Å². The second-order valence-electron chi connectivity index (χ2n) is 4.45. The van der Waals surface area contributed by atoms with Crippen LogP contribution in [0.2, 0.25) is 0 Å². The van der Waals surface area contributed by atoms with Crippen LogP contribution in [-0.2, 0) is 11.2 Å². The van der Waals surface area contributed by atoms with Gasteiger partial charge in [0.1, 0.15) is 0 Å². The van der Waals surface area contributed by atoms with Gasteiger partial charge < -0.3 is 10.6 Å². The molecule has 0 fully saturated rings. The van der Waals surface area contributed by atoms with Gasteiger partial charge in [-0.25, -0.2) is 0 Å². The molecule has 92 valence electrons. The van der Waals surface area contributed by atoms with Crippen LogP contribution >= 0.6 is 0 Å². The third kappa shape index (κ3) is 2.65. The van der Waals surface area contributed by atoms with E-state index >= 15 is 0 Å². The predicted octanol–water partition coefficient (Wildman–Crippen LogP) is 0.466. The van der Waals surface area contributed by atoms with Gasteiger partial charge in [0.25, 0.3) is 0 Å². The first kappa shape index (κ1) is 12.1. The first-order valence-electron chi connectivity index (χ1n) is 5.99. The molecule has 0 bridgehead atoms. The van der Waals surface area contributed by atoms with E-state index in [1.807, 2.05) is 35.0 Å². The van der Waals surface area contributed by atoms with Gasteiger partial charge >= 0.3 is 0 Å². The standard InChI is InChI=1S/C13H19N3O/c1-15(9-7-14)10-13(17)16-8-6-11-4-2-3-5-12(11)16/h2-5H,6-10,14H2,1H3. The number of likely N-dealkylation sites (N-methyl/N-ethyl adjacent to an activating group) is 1. The fourth-order valence-electron chi connectivity index (χ4n) is 2.21. The number of hydrogen-bond donors (Lipinski definition) is 1. The number of carbonyl (C=O) groups is 1. The number of nitrogens with two attached hydrogens (primary N) is 1. The Morgan fingerprint density at radius 1 is 1.47 bits per heavy atom. The van der Waals surface area contributed by atoms with Gasteiger partial charge in [0.15, 0.2) is 0 Å². The molecule has 17 heavy (non-hydrogen) atoms. The maximum Gasteiger partial charge on any atom is 0.241 e. The lowest BCUT2D eigenvalue weighted by atomic mass is 10.2. The molecule has 2 N–H and O–H groups in total. The van der Waals surface area contributed by atoms with E-state index in [-0.39, 0.29) is 5.91 Å². The predicted molar refractivity (Wildman–Crippen MR) is 69.1 cm³/mol. The number of hydrogen-bond acceptors (Lipinski definition) is 3. The Labute approximate surface area is 102 Å². The first-order valence-corrected chi connectivity index (χ1v) is 5.99. The number of benzene rings is 1. The van der Waals surface area contributed by atoms with Crippen LogP contribution < -0.4 is 10.6 Å². The van der Waals surface area contributed by atoms with E-state index in [9.17, 15) is 4.79 Å². The van der Waals surface area contributed by atoms with Crippen LogP contribution in [0.3, 0.4) is 0 Å². The molecule has 0 aliphatic carbocycles. The lowest BCUT2D eigenvalue weighted by molar-refractivity contribution is -0.119. The summed E-state index contributed by atoms with van der Waals surface area (Å²) < 4.78 is 0. The minimum Gasteiger partial charge on any atom is -0.329 e. The fraction of sp³-hybridized carbons (Fsp3) is 0.462. The molecule has 0 radical (unpaired) electrons. The highest BCUT2D eigenvalue weighted by atomic mass is 16.2. The van der Waals surface area contributed by atoms with Crippen molar-refractivity contribution in [3.8, 4) is 0 Å². The Hall–Kier alpha value is -1.39. The van der Waals surface area contributed by atoms with Crippen molar-refractivity contribution in [2.45, 2.75) is 6.42 Å². The third-order valence-corrected chi connectivity index (χ3v) is 3.10. The molecule has 1 aromatic carbocycles. The Morgan fingerprint density at radius 2 is 2.24 bits per heavy atom. The topological polar surface area (TPSA) is 49.6 Å². The average molecular weight is 233 g/mol. The van der Waals surface area contributed by atoms with Gasteiger partial charge in [0.05, 0.1) is 6.54 Å². The highest BCUT2D eigenvalue weighted by molar-refractivity contribution is 5.96. The van der Waals surface area contributed by atoms with E-state index in [0.717, 1.165) is 25.2 Å². The number of anilines is 1. The van der Waals surface area contributed by atoms with Crippen molar-refractivity contribution in [2.24, 2.45) is 5.73 Å². The van der Waals surface area contributed by atoms with Crippen molar-refractivity contribution in [1.82, 2.24) is 4.90 Å². The van der Waals surface area contributed by atoms with Crippen LogP contribution in [0.25, 0.3) is 0 Å². The lowest BCUT2D eigenvalue weighted by Gasteiger charge is -2.21. The number of rotatable bonds is 4. The normalized spacial score (nSPS) is 14.2. The zero-order chi connectivity index (χ0) is 12.3. The van der Waals surface area contributed by atoms with Crippen LogP contribution in [0.4, 0.5) is 5.69 Å². The SMILES string of the molecule is CN(CCN)CC(=O)N1CCc2ccccc21. The molecule has 2 rings (SSSR count). The molecule has 0 saturated carbocycles. The van der Waals surface area contributed by atoms with E-state index in [2.05, 4.69) is 6.07 Å². The van der Waals surface area contributed by atoms with Crippen molar-refractivity contribution in [3.05, 3.63) is 29.8 Å². The molecule has 1 amide bonds. The summed E-state index contributed by atoms with van der Waals surface area (Å²) in [5.74, 6) is 0.158. The Kier molecular flexibility index (Phi) is 3.76. The molecule has 0 atom stereocenters. The fourth-order valence-corrected chi connectivity index (χ4v) is 2.21. The van der Waals surface area contributed by atoms with Crippen molar-refractivity contribution >= 4 is 11.6 Å². The highest BCUT2D eigenvalue weighted by Gasteiger charge is 2.24. The molecule has 0 spiro atoms. The Bertz CT molecular complexity index is 405. The van der Waals surface area contributed by atoms with Crippen molar-refractivity contribution in [2.75, 3.05) is 38.1 Å². The van der Waals surface area contributed by atoms with Crippen LogP contribution in [0.1, 0.15) is 5.56 Å². The number of fused-ring (bicyclic) bond motifs is 1. The second-order valence-corrected chi connectivity index (χ2v) is 4.45. The number of amides is 1. The van der Waals surface area contributed by atoms with Crippen LogP contribution in [0, 0.1) is 0 Å². The highest BCUT2D eigenvalue weighted by Crippen LogP contribution is 2.27. The molecule has 1 heterocycles. The summed E-state index contributed by atoms with van der Waals surface area (Å²) in [6.45, 7) is 2.57. The third-order valence-electron chi connectivity index (χ3n) is 3.10. The zero-order valence-corrected chi connectivity index (χ0v) is 10.2. The van der Waals surface area contributed by atoms with Gasteiger partial charge in [-0.05, 0) is 25.1 Å². The zero-order valence-electron chi connectivity index (χ0n) is 10.2. The van der Waals surface area contributed by atoms with Gasteiger partial charge in [-0.1, -0.05) is 18.2 Å². The second kappa shape index (κ2) is 5.29. The summed E-state index contributed by atoms with van der Waals surface area (Å²) in [5.41, 5.74) is 7.80. The van der Waals surface area contributed by atoms with E-state index < -0.39 is 0 Å². The van der Waals surface area contributed by atoms with Crippen molar-refractivity contribution in [3.63, 3.8) is 0 Å². The summed E-state index contributed by atoms with van der Waals surface area (Å²) in [6.07, 6.45) is 0.961. The number of carbonyl (C=O) groups excluding carboxylic acids is 1. The summed E-state index contributed by atoms with van der Waals surface area (Å²) in [6, 6.07) is 8.11. The summed E-state index contributed by atoms with van der Waals surface area (Å²) in [7, 11) is 1.92. The van der Waals surface area contributed by atoms with Crippen LogP contribution in [0.5, 0.6) is 0 Å². The Balaban J connectivity index is 2.02. The minimum absolute atomic E-state index is 0.158. The summed E-state index contributed by atoms with van der Waals surface area (Å²) >= 11 is 0. The van der Waals surface area contributed by atoms with Gasteiger partial charge in [-0.15, -0.1) is 0 Å². The molecule has 0 unspecified atom stereocenters. The van der Waals surface area contributed by atoms with E-state index in [0.29, 0.717) is 13.1 Å². The minimum atomic E-state index is 0.158. The summed E-state index contributed by atoms with van der Waals surface area (Å²) in [5, 5.41) is 0. The maximum atomic E-state index is 12.1. The molecule has 4 nitrogen and oxygen atoms in total. The maximum absolute atomic E-state index is 12.1. The van der Waals surface area contributed by atoms with Gasteiger partial charge in [0, 0.05) is 25.3 Å². The summed E-state index contributed by atoms with van der Waals surface area (Å²) in [4.78, 5) is 16.0. The van der Waals surface area contributed by atoms with E-state index in [1.54, 1.807) is 0 Å². The Morgan fingerprint density at radius 3 is 3.00 bits per heavy atom. The van der Waals surface area contributed by atoms with E-state index in [4.69, 9.17) is 5.73 Å². The molecule has 1 aromatic rings. The van der Waals surface area contributed by atoms with Crippen molar-refractivity contribution < 1.29 is 4.79 Å². The molecule has 4 heteroatoms. The molecule has 0 aromatic heterocycles. The van der Waals surface area contributed by atoms with Gasteiger partial charge in [-0.2, -0.15) is 0 Å². The lowest BCUT2D eigenvalue weighted by Crippen LogP contribution is -2.39. The molecule has 1 aliphatic heterocycles. The number of para-hydroxylation sites is 1. The first-order chi connectivity index (χ1) is 8.22. The average Bonchev–Trinajstić information content (AvgIpc) is 2.72.